The van der Waals surface area contributed by atoms with Crippen LogP contribution in [0.5, 0.6) is 0 Å². The molecule has 0 spiro atoms. The van der Waals surface area contributed by atoms with E-state index in [-0.39, 0.29) is 1.43 Å². The van der Waals surface area contributed by atoms with E-state index in [0.29, 0.717) is 6.54 Å². The molecule has 0 heterocycles. The van der Waals surface area contributed by atoms with Crippen molar-refractivity contribution in [3.63, 3.8) is 0 Å². The van der Waals surface area contributed by atoms with E-state index in [0.717, 1.165) is 5.56 Å². The highest BCUT2D eigenvalue weighted by Gasteiger charge is 2.47. The summed E-state index contributed by atoms with van der Waals surface area (Å²) < 4.78 is 39.0. The maximum Gasteiger partial charge on any atom is 1.00 e. The Balaban J connectivity index is 0.000000583. The Labute approximate surface area is 187 Å². The predicted octanol–water partition coefficient (Wildman–Crippen LogP) is 5.18. The molecule has 0 unspecified atom stereocenters. The first kappa shape index (κ1) is 23.7. The van der Waals surface area contributed by atoms with Gasteiger partial charge in [0.05, 0.1) is 0 Å². The van der Waals surface area contributed by atoms with Gasteiger partial charge in [0, 0.05) is 6.54 Å². The Kier molecular flexibility index (Phi) is 7.84. The summed E-state index contributed by atoms with van der Waals surface area (Å²) in [6, 6.07) is 41.6. The van der Waals surface area contributed by atoms with Crippen molar-refractivity contribution in [2.24, 2.45) is 5.73 Å². The van der Waals surface area contributed by atoms with E-state index in [9.17, 15) is 17.3 Å². The minimum absolute atomic E-state index is 0. The van der Waals surface area contributed by atoms with Gasteiger partial charge < -0.3 is 23.0 Å². The molecule has 1 nitrogen and oxygen atoms in total. The van der Waals surface area contributed by atoms with E-state index in [1.807, 2.05) is 0 Å². The van der Waals surface area contributed by atoms with Gasteiger partial charge in [0.1, 0.15) is 28.5 Å². The molecule has 0 saturated carbocycles. The normalized spacial score (nSPS) is 11.4. The van der Waals surface area contributed by atoms with Crippen LogP contribution in [0.1, 0.15) is 6.99 Å². The smallest absolute Gasteiger partial charge is 0.418 e. The lowest BCUT2D eigenvalue weighted by atomic mass is 10.2. The van der Waals surface area contributed by atoms with Crippen LogP contribution in [0, 0.1) is 0 Å². The second kappa shape index (κ2) is 10.6. The summed E-state index contributed by atoms with van der Waals surface area (Å²) in [5.74, 6) is 0. The van der Waals surface area contributed by atoms with Gasteiger partial charge in [-0.05, 0) is 54.1 Å². The number of nitrogens with two attached hydrogens (primary N) is 1. The van der Waals surface area contributed by atoms with Crippen LogP contribution in [0.15, 0.2) is 115 Å². The Morgan fingerprint density at radius 3 is 1.09 bits per heavy atom. The van der Waals surface area contributed by atoms with Crippen molar-refractivity contribution < 1.29 is 18.7 Å². The zero-order chi connectivity index (χ0) is 23.0. The highest BCUT2D eigenvalue weighted by atomic mass is 31.2. The average Bonchev–Trinajstić information content (AvgIpc) is 2.81. The average molecular weight is 456 g/mol. The van der Waals surface area contributed by atoms with E-state index in [2.05, 4.69) is 115 Å². The number of halogens is 4. The van der Waals surface area contributed by atoms with Crippen molar-refractivity contribution in [3.8, 4) is 0 Å². The van der Waals surface area contributed by atoms with E-state index < -0.39 is 14.5 Å². The molecular formula is C25H24BF4NP+. The van der Waals surface area contributed by atoms with Crippen molar-refractivity contribution in [1.82, 2.24) is 0 Å². The molecule has 4 rings (SSSR count). The lowest BCUT2D eigenvalue weighted by molar-refractivity contribution is 0.368. The molecule has 0 aliphatic rings. The number of benzene rings is 4. The fraction of sp³-hybridized carbons (Fsp3) is 0.0400. The lowest BCUT2D eigenvalue weighted by Crippen LogP contribution is -2.38. The second-order valence-electron chi connectivity index (χ2n) is 7.04. The van der Waals surface area contributed by atoms with E-state index in [1.165, 1.54) is 21.2 Å². The Morgan fingerprint density at radius 2 is 0.812 bits per heavy atom. The Hall–Kier alpha value is -2.95. The summed E-state index contributed by atoms with van der Waals surface area (Å²) in [4.78, 5) is 0. The van der Waals surface area contributed by atoms with Crippen molar-refractivity contribution in [2.75, 3.05) is 0 Å². The third-order valence-corrected chi connectivity index (χ3v) is 9.28. The highest BCUT2D eigenvalue weighted by Crippen LogP contribution is 2.54. The second-order valence-corrected chi connectivity index (χ2v) is 10.5. The molecular weight excluding hydrogens is 432 g/mol. The topological polar surface area (TPSA) is 26.0 Å². The van der Waals surface area contributed by atoms with Crippen molar-refractivity contribution in [1.29, 1.82) is 0 Å². The van der Waals surface area contributed by atoms with Crippen molar-refractivity contribution in [3.05, 3.63) is 121 Å². The molecule has 164 valence electrons. The van der Waals surface area contributed by atoms with Crippen LogP contribution in [0.25, 0.3) is 0 Å². The van der Waals surface area contributed by atoms with Gasteiger partial charge in [0.2, 0.25) is 0 Å². The Morgan fingerprint density at radius 1 is 0.531 bits per heavy atom. The molecule has 32 heavy (non-hydrogen) atoms. The molecule has 0 saturated heterocycles. The molecule has 0 atom stereocenters. The molecule has 0 aromatic heterocycles. The minimum atomic E-state index is -6.00. The lowest BCUT2D eigenvalue weighted by Gasteiger charge is -2.27. The fourth-order valence-electron chi connectivity index (χ4n) is 3.70. The summed E-state index contributed by atoms with van der Waals surface area (Å²) in [5, 5.41) is 5.44. The number of hydrogen-bond acceptors (Lipinski definition) is 1. The summed E-state index contributed by atoms with van der Waals surface area (Å²) in [5.41, 5.74) is 7.01. The van der Waals surface area contributed by atoms with E-state index in [4.69, 9.17) is 5.73 Å². The molecule has 0 radical (unpaired) electrons. The van der Waals surface area contributed by atoms with Gasteiger partial charge in [0.15, 0.2) is 0 Å². The monoisotopic (exact) mass is 456 g/mol. The summed E-state index contributed by atoms with van der Waals surface area (Å²) in [7, 11) is -7.98. The zero-order valence-electron chi connectivity index (χ0n) is 18.3. The molecule has 0 aliphatic heterocycles. The fourth-order valence-corrected chi connectivity index (χ4v) is 7.95. The van der Waals surface area contributed by atoms with Crippen LogP contribution in [0.2, 0.25) is 0 Å². The van der Waals surface area contributed by atoms with Gasteiger partial charge >= 0.3 is 8.68 Å². The first-order valence-electron chi connectivity index (χ1n) is 10.1. The molecule has 0 amide bonds. The Bertz CT molecular complexity index is 993. The molecule has 7 heteroatoms. The van der Waals surface area contributed by atoms with Crippen LogP contribution in [0.4, 0.5) is 17.3 Å². The van der Waals surface area contributed by atoms with Gasteiger partial charge in [0.25, 0.3) is 0 Å². The zero-order valence-corrected chi connectivity index (χ0v) is 18.2. The number of hydrogen-bond donors (Lipinski definition) is 1. The third-order valence-electron chi connectivity index (χ3n) is 4.99. The van der Waals surface area contributed by atoms with Crippen LogP contribution in [-0.2, 0) is 6.54 Å². The summed E-state index contributed by atoms with van der Waals surface area (Å²) in [6.07, 6.45) is 0. The van der Waals surface area contributed by atoms with Gasteiger partial charge in [-0.1, -0.05) is 66.7 Å². The van der Waals surface area contributed by atoms with Gasteiger partial charge in [-0.25, -0.2) is 0 Å². The first-order valence-corrected chi connectivity index (χ1v) is 11.9. The maximum atomic E-state index is 9.75. The largest absolute Gasteiger partial charge is 1.00 e. The number of rotatable bonds is 5. The van der Waals surface area contributed by atoms with Crippen LogP contribution in [-0.4, -0.2) is 7.25 Å². The predicted molar refractivity (Wildman–Crippen MR) is 130 cm³/mol. The van der Waals surface area contributed by atoms with Gasteiger partial charge in [-0.2, -0.15) is 0 Å². The van der Waals surface area contributed by atoms with Crippen LogP contribution < -0.4 is 27.0 Å². The van der Waals surface area contributed by atoms with Gasteiger partial charge in [-0.3, -0.25) is 0 Å². The molecule has 2 N–H and O–H groups in total. The van der Waals surface area contributed by atoms with E-state index in [1.54, 1.807) is 0 Å². The van der Waals surface area contributed by atoms with Crippen LogP contribution >= 0.6 is 7.26 Å². The highest BCUT2D eigenvalue weighted by molar-refractivity contribution is 8.01. The van der Waals surface area contributed by atoms with Crippen molar-refractivity contribution in [2.45, 2.75) is 6.54 Å². The standard InChI is InChI=1S/C25H23NP.BF4/c26-20-21-16-18-25(19-17-21)27(22-10-4-1-5-11-22,23-12-6-2-7-13-23)24-14-8-3-9-15-24;2-1(3,4)5/h1-19H,20,26H2;/q+1;-1/p+1. The third kappa shape index (κ3) is 5.64. The minimum Gasteiger partial charge on any atom is -0.418 e. The molecule has 4 aromatic carbocycles. The molecule has 0 aliphatic carbocycles. The molecule has 0 bridgehead atoms. The van der Waals surface area contributed by atoms with Gasteiger partial charge in [-0.15, -0.1) is 0 Å². The van der Waals surface area contributed by atoms with Crippen LogP contribution in [0.3, 0.4) is 0 Å². The quantitative estimate of drug-likeness (QED) is 0.250. The summed E-state index contributed by atoms with van der Waals surface area (Å²) >= 11 is 0. The summed E-state index contributed by atoms with van der Waals surface area (Å²) in [6.45, 7) is 0.563. The van der Waals surface area contributed by atoms with Crippen molar-refractivity contribution >= 4 is 35.7 Å². The maximum absolute atomic E-state index is 9.75. The molecule has 4 aromatic rings. The first-order chi connectivity index (χ1) is 15.4. The molecule has 0 fully saturated rings. The SMILES string of the molecule is F[B-](F)(F)F.NCc1ccc([P+](c2ccccc2)(c2ccccc2)c2ccccc2)cc1.[H+]. The van der Waals surface area contributed by atoms with E-state index >= 15 is 0 Å².